The Labute approximate surface area is 149 Å². The Bertz CT molecular complexity index is 771. The summed E-state index contributed by atoms with van der Waals surface area (Å²) in [5, 5.41) is 1.11. The van der Waals surface area contributed by atoms with Crippen molar-refractivity contribution in [3.63, 3.8) is 0 Å². The van der Waals surface area contributed by atoms with E-state index < -0.39 is 9.28 Å². The highest BCUT2D eigenvalue weighted by molar-refractivity contribution is 7.99. The molecule has 0 aliphatic heterocycles. The zero-order chi connectivity index (χ0) is 16.8. The summed E-state index contributed by atoms with van der Waals surface area (Å²) < 4.78 is 10.8. The standard InChI is InChI=1S/C20H19O2SSi/c1-21-24(22-2)18-14-12-16(13-15-18)19-10-6-7-11-20(19)23-17-8-4-3-5-9-17/h3-15H,1-2H3. The fraction of sp³-hybridized carbons (Fsp3) is 0.100. The van der Waals surface area contributed by atoms with Gasteiger partial charge in [-0.05, 0) is 34.5 Å². The summed E-state index contributed by atoms with van der Waals surface area (Å²) >= 11 is 1.79. The molecule has 0 N–H and O–H groups in total. The van der Waals surface area contributed by atoms with Crippen LogP contribution in [0, 0.1) is 0 Å². The summed E-state index contributed by atoms with van der Waals surface area (Å²) in [6, 6.07) is 27.4. The third-order valence-electron chi connectivity index (χ3n) is 3.66. The minimum Gasteiger partial charge on any atom is -0.393 e. The first-order valence-electron chi connectivity index (χ1n) is 7.69. The summed E-state index contributed by atoms with van der Waals surface area (Å²) in [6.45, 7) is 0. The molecule has 0 unspecified atom stereocenters. The summed E-state index contributed by atoms with van der Waals surface area (Å²) in [6.07, 6.45) is 0. The van der Waals surface area contributed by atoms with Gasteiger partial charge in [-0.25, -0.2) is 0 Å². The molecular formula is C20H19O2SSi. The van der Waals surface area contributed by atoms with Gasteiger partial charge < -0.3 is 8.85 Å². The predicted molar refractivity (Wildman–Crippen MR) is 102 cm³/mol. The van der Waals surface area contributed by atoms with Gasteiger partial charge in [0, 0.05) is 24.0 Å². The SMILES string of the molecule is CO[Si](OC)c1ccc(-c2ccccc2Sc2ccccc2)cc1. The van der Waals surface area contributed by atoms with Crippen molar-refractivity contribution in [1.29, 1.82) is 0 Å². The van der Waals surface area contributed by atoms with Crippen LogP contribution in [0.3, 0.4) is 0 Å². The highest BCUT2D eigenvalue weighted by Crippen LogP contribution is 2.35. The lowest BCUT2D eigenvalue weighted by Crippen LogP contribution is -2.34. The van der Waals surface area contributed by atoms with Crippen molar-refractivity contribution in [2.45, 2.75) is 9.79 Å². The Hall–Kier alpha value is -1.85. The third kappa shape index (κ3) is 3.97. The van der Waals surface area contributed by atoms with E-state index >= 15 is 0 Å². The Balaban J connectivity index is 1.89. The van der Waals surface area contributed by atoms with Crippen LogP contribution in [0.5, 0.6) is 0 Å². The Morgan fingerprint density at radius 1 is 0.708 bits per heavy atom. The number of hydrogen-bond acceptors (Lipinski definition) is 3. The summed E-state index contributed by atoms with van der Waals surface area (Å²) in [5.41, 5.74) is 2.44. The normalized spacial score (nSPS) is 11.0. The van der Waals surface area contributed by atoms with Crippen molar-refractivity contribution >= 4 is 26.2 Å². The maximum atomic E-state index is 5.41. The second-order valence-electron chi connectivity index (χ2n) is 5.18. The topological polar surface area (TPSA) is 18.5 Å². The fourth-order valence-corrected chi connectivity index (χ4v) is 4.58. The number of rotatable bonds is 6. The van der Waals surface area contributed by atoms with Crippen molar-refractivity contribution in [3.05, 3.63) is 78.9 Å². The maximum absolute atomic E-state index is 5.41. The van der Waals surface area contributed by atoms with Gasteiger partial charge in [-0.15, -0.1) is 0 Å². The lowest BCUT2D eigenvalue weighted by molar-refractivity contribution is 0.292. The van der Waals surface area contributed by atoms with E-state index in [4.69, 9.17) is 8.85 Å². The molecule has 3 aromatic rings. The minimum atomic E-state index is -1.36. The molecule has 0 saturated heterocycles. The van der Waals surface area contributed by atoms with Crippen molar-refractivity contribution in [3.8, 4) is 11.1 Å². The Kier molecular flexibility index (Phi) is 5.88. The van der Waals surface area contributed by atoms with E-state index in [1.165, 1.54) is 20.9 Å². The molecule has 0 bridgehead atoms. The Morgan fingerprint density at radius 3 is 2.00 bits per heavy atom. The van der Waals surface area contributed by atoms with Crippen LogP contribution in [0.4, 0.5) is 0 Å². The molecule has 2 nitrogen and oxygen atoms in total. The van der Waals surface area contributed by atoms with Gasteiger partial charge in [-0.1, -0.05) is 72.4 Å². The second-order valence-corrected chi connectivity index (χ2v) is 8.27. The summed E-state index contributed by atoms with van der Waals surface area (Å²) in [4.78, 5) is 2.49. The first kappa shape index (κ1) is 17.0. The van der Waals surface area contributed by atoms with Crippen LogP contribution >= 0.6 is 11.8 Å². The van der Waals surface area contributed by atoms with Crippen molar-refractivity contribution < 1.29 is 8.85 Å². The van der Waals surface area contributed by atoms with Crippen LogP contribution in [0.1, 0.15) is 0 Å². The molecule has 0 amide bonds. The first-order chi connectivity index (χ1) is 11.8. The molecule has 1 radical (unpaired) electrons. The molecular weight excluding hydrogens is 332 g/mol. The van der Waals surface area contributed by atoms with E-state index in [9.17, 15) is 0 Å². The highest BCUT2D eigenvalue weighted by atomic mass is 32.2. The minimum absolute atomic E-state index is 1.11. The Morgan fingerprint density at radius 2 is 1.33 bits per heavy atom. The fourth-order valence-electron chi connectivity index (χ4n) is 2.51. The average Bonchev–Trinajstić information content (AvgIpc) is 2.65. The molecule has 121 valence electrons. The van der Waals surface area contributed by atoms with Gasteiger partial charge in [0.1, 0.15) is 0 Å². The average molecular weight is 352 g/mol. The van der Waals surface area contributed by atoms with Gasteiger partial charge in [0.05, 0.1) is 0 Å². The van der Waals surface area contributed by atoms with E-state index in [-0.39, 0.29) is 0 Å². The van der Waals surface area contributed by atoms with Crippen LogP contribution in [0.2, 0.25) is 0 Å². The van der Waals surface area contributed by atoms with Crippen LogP contribution in [0.25, 0.3) is 11.1 Å². The summed E-state index contributed by atoms with van der Waals surface area (Å²) in [7, 11) is 2.02. The lowest BCUT2D eigenvalue weighted by atomic mass is 10.1. The van der Waals surface area contributed by atoms with E-state index in [1.807, 2.05) is 6.07 Å². The molecule has 0 aromatic heterocycles. The van der Waals surface area contributed by atoms with Crippen LogP contribution in [-0.2, 0) is 8.85 Å². The highest BCUT2D eigenvalue weighted by Gasteiger charge is 2.15. The maximum Gasteiger partial charge on any atom is 0.423 e. The zero-order valence-corrected chi connectivity index (χ0v) is 15.5. The van der Waals surface area contributed by atoms with Crippen molar-refractivity contribution in [1.82, 2.24) is 0 Å². The van der Waals surface area contributed by atoms with Crippen molar-refractivity contribution in [2.75, 3.05) is 14.2 Å². The largest absolute Gasteiger partial charge is 0.423 e. The first-order valence-corrected chi connectivity index (χ1v) is 9.83. The van der Waals surface area contributed by atoms with E-state index in [0.29, 0.717) is 0 Å². The monoisotopic (exact) mass is 351 g/mol. The van der Waals surface area contributed by atoms with Gasteiger partial charge in [0.15, 0.2) is 0 Å². The quantitative estimate of drug-likeness (QED) is 0.610. The molecule has 0 aliphatic rings. The molecule has 3 rings (SSSR count). The smallest absolute Gasteiger partial charge is 0.393 e. The van der Waals surface area contributed by atoms with Gasteiger partial charge in [-0.3, -0.25) is 0 Å². The summed E-state index contributed by atoms with van der Waals surface area (Å²) in [5.74, 6) is 0. The van der Waals surface area contributed by atoms with Gasteiger partial charge in [0.2, 0.25) is 0 Å². The number of benzene rings is 3. The predicted octanol–water partition coefficient (Wildman–Crippen LogP) is 4.49. The van der Waals surface area contributed by atoms with Crippen LogP contribution in [0.15, 0.2) is 88.7 Å². The van der Waals surface area contributed by atoms with E-state index in [0.717, 1.165) is 5.19 Å². The third-order valence-corrected chi connectivity index (χ3v) is 6.29. The lowest BCUT2D eigenvalue weighted by Gasteiger charge is -2.12. The molecule has 0 spiro atoms. The van der Waals surface area contributed by atoms with Gasteiger partial charge in [0.25, 0.3) is 0 Å². The number of hydrogen-bond donors (Lipinski definition) is 0. The van der Waals surface area contributed by atoms with E-state index in [2.05, 4.69) is 72.8 Å². The molecule has 0 heterocycles. The molecule has 24 heavy (non-hydrogen) atoms. The molecule has 0 fully saturated rings. The molecule has 4 heteroatoms. The van der Waals surface area contributed by atoms with Crippen LogP contribution in [-0.4, -0.2) is 23.5 Å². The molecule has 0 atom stereocenters. The molecule has 0 aliphatic carbocycles. The second kappa shape index (κ2) is 8.31. The zero-order valence-electron chi connectivity index (χ0n) is 13.7. The van der Waals surface area contributed by atoms with Crippen molar-refractivity contribution in [2.24, 2.45) is 0 Å². The molecule has 0 saturated carbocycles. The van der Waals surface area contributed by atoms with E-state index in [1.54, 1.807) is 26.0 Å². The van der Waals surface area contributed by atoms with Crippen LogP contribution < -0.4 is 5.19 Å². The van der Waals surface area contributed by atoms with Gasteiger partial charge >= 0.3 is 9.28 Å². The van der Waals surface area contributed by atoms with Gasteiger partial charge in [-0.2, -0.15) is 0 Å². The molecule has 3 aromatic carbocycles.